The van der Waals surface area contributed by atoms with Crippen molar-refractivity contribution in [2.45, 2.75) is 49.9 Å². The van der Waals surface area contributed by atoms with Gasteiger partial charge in [-0.3, -0.25) is 24.2 Å². The highest BCUT2D eigenvalue weighted by molar-refractivity contribution is 5.95. The topological polar surface area (TPSA) is 307 Å². The number of aliphatic hydroxyl groups excluding tert-OH is 1. The Morgan fingerprint density at radius 2 is 1.61 bits per heavy atom. The molecule has 4 atom stereocenters. The van der Waals surface area contributed by atoms with Crippen LogP contribution in [-0.4, -0.2) is 93.1 Å². The van der Waals surface area contributed by atoms with E-state index >= 15 is 0 Å². The lowest BCUT2D eigenvalue weighted by atomic mass is 10.1. The molecule has 0 aliphatic carbocycles. The number of aliphatic hydroxyl groups is 1. The summed E-state index contributed by atoms with van der Waals surface area (Å²) in [5.74, 6) is -5.03. The van der Waals surface area contributed by atoms with Gasteiger partial charge in [-0.1, -0.05) is 0 Å². The SMILES string of the molecule is NC(=O)CC(N)C(=O)NC(Cc1cnc[nH]1)C(=O)NC(CCCN=C(N)N)C(=O)NC(CO)C(=O)O. The van der Waals surface area contributed by atoms with E-state index in [1.165, 1.54) is 12.5 Å². The first-order valence-corrected chi connectivity index (χ1v) is 10.8. The number of nitrogens with one attached hydrogen (secondary N) is 4. The Kier molecular flexibility index (Phi) is 12.3. The predicted molar refractivity (Wildman–Crippen MR) is 125 cm³/mol. The highest BCUT2D eigenvalue weighted by Gasteiger charge is 2.30. The molecule has 1 aromatic rings. The molecule has 0 bridgehead atoms. The Morgan fingerprint density at radius 1 is 1.00 bits per heavy atom. The van der Waals surface area contributed by atoms with Gasteiger partial charge in [-0.15, -0.1) is 0 Å². The number of guanidine groups is 1. The van der Waals surface area contributed by atoms with E-state index < -0.39 is 66.8 Å². The summed E-state index contributed by atoms with van der Waals surface area (Å²) in [4.78, 5) is 70.9. The number of aromatic nitrogens is 2. The molecule has 0 fully saturated rings. The summed E-state index contributed by atoms with van der Waals surface area (Å²) in [5, 5.41) is 25.3. The second kappa shape index (κ2) is 14.9. The fourth-order valence-corrected chi connectivity index (χ4v) is 2.92. The molecule has 17 nitrogen and oxygen atoms in total. The van der Waals surface area contributed by atoms with Crippen LogP contribution in [0.3, 0.4) is 0 Å². The predicted octanol–water partition coefficient (Wildman–Crippen LogP) is -5.26. The van der Waals surface area contributed by atoms with Crippen molar-refractivity contribution in [2.24, 2.45) is 27.9 Å². The molecule has 17 heteroatoms. The minimum Gasteiger partial charge on any atom is -0.480 e. The van der Waals surface area contributed by atoms with Crippen molar-refractivity contribution in [1.82, 2.24) is 25.9 Å². The largest absolute Gasteiger partial charge is 0.480 e. The Bertz CT molecular complexity index is 933. The minimum atomic E-state index is -1.61. The van der Waals surface area contributed by atoms with Gasteiger partial charge in [0.05, 0.1) is 25.4 Å². The van der Waals surface area contributed by atoms with Crippen LogP contribution in [0.2, 0.25) is 0 Å². The van der Waals surface area contributed by atoms with Crippen molar-refractivity contribution < 1.29 is 34.2 Å². The summed E-state index contributed by atoms with van der Waals surface area (Å²) in [5.41, 5.74) is 21.7. The number of aliphatic carboxylic acids is 1. The van der Waals surface area contributed by atoms with Crippen molar-refractivity contribution in [3.05, 3.63) is 18.2 Å². The molecule has 0 aromatic carbocycles. The van der Waals surface area contributed by atoms with Gasteiger partial charge in [-0.2, -0.15) is 0 Å². The normalized spacial score (nSPS) is 13.9. The standard InChI is InChI=1S/C19H32N10O7/c20-10(5-14(21)31)15(32)28-12(4-9-6-24-8-26-9)17(34)27-11(2-1-3-25-19(22)23)16(33)29-13(7-30)18(35)36/h6,8,10-13,30H,1-5,7,20H2,(H2,21,31)(H,24,26)(H,27,34)(H,28,32)(H,29,33)(H,35,36)(H4,22,23,25). The number of hydrogen-bond donors (Lipinski definition) is 10. The number of nitrogens with zero attached hydrogens (tertiary/aromatic N) is 2. The smallest absolute Gasteiger partial charge is 0.328 e. The number of aromatic amines is 1. The fourth-order valence-electron chi connectivity index (χ4n) is 2.92. The zero-order valence-electron chi connectivity index (χ0n) is 19.3. The molecule has 0 spiro atoms. The molecule has 1 heterocycles. The van der Waals surface area contributed by atoms with E-state index in [0.717, 1.165) is 0 Å². The van der Waals surface area contributed by atoms with Gasteiger partial charge in [-0.25, -0.2) is 9.78 Å². The lowest BCUT2D eigenvalue weighted by Gasteiger charge is -2.24. The van der Waals surface area contributed by atoms with Gasteiger partial charge < -0.3 is 54.1 Å². The third-order valence-electron chi connectivity index (χ3n) is 4.75. The van der Waals surface area contributed by atoms with Gasteiger partial charge in [0, 0.05) is 24.9 Å². The number of carboxylic acids is 1. The summed E-state index contributed by atoms with van der Waals surface area (Å²) >= 11 is 0. The molecule has 0 radical (unpaired) electrons. The van der Waals surface area contributed by atoms with Crippen LogP contribution in [0.4, 0.5) is 0 Å². The van der Waals surface area contributed by atoms with Crippen LogP contribution in [-0.2, 0) is 30.4 Å². The number of hydrogen-bond acceptors (Lipinski definition) is 9. The first kappa shape index (κ1) is 29.8. The molecule has 14 N–H and O–H groups in total. The van der Waals surface area contributed by atoms with Crippen LogP contribution in [0.5, 0.6) is 0 Å². The highest BCUT2D eigenvalue weighted by Crippen LogP contribution is 2.05. The number of H-pyrrole nitrogens is 1. The van der Waals surface area contributed by atoms with Crippen LogP contribution in [0.25, 0.3) is 0 Å². The first-order valence-electron chi connectivity index (χ1n) is 10.8. The van der Waals surface area contributed by atoms with Crippen LogP contribution in [0.1, 0.15) is 25.0 Å². The zero-order chi connectivity index (χ0) is 27.3. The average Bonchev–Trinajstić information content (AvgIpc) is 3.30. The van der Waals surface area contributed by atoms with E-state index in [0.29, 0.717) is 5.69 Å². The second-order valence-corrected chi connectivity index (χ2v) is 7.71. The number of imidazole rings is 1. The Hall–Kier alpha value is -4.25. The number of carbonyl (C=O) groups excluding carboxylic acids is 4. The first-order chi connectivity index (χ1) is 16.9. The monoisotopic (exact) mass is 512 g/mol. The Labute approximate surface area is 205 Å². The van der Waals surface area contributed by atoms with Crippen LogP contribution < -0.4 is 38.9 Å². The Morgan fingerprint density at radius 3 is 2.14 bits per heavy atom. The van der Waals surface area contributed by atoms with Gasteiger partial charge in [0.25, 0.3) is 0 Å². The molecule has 0 saturated heterocycles. The molecule has 4 amide bonds. The number of carboxylic acid groups (broad SMARTS) is 1. The minimum absolute atomic E-state index is 0.0158. The molecule has 0 aliphatic heterocycles. The van der Waals surface area contributed by atoms with E-state index in [2.05, 4.69) is 30.9 Å². The summed E-state index contributed by atoms with van der Waals surface area (Å²) in [6.45, 7) is -0.771. The number of carbonyl (C=O) groups is 5. The molecule has 36 heavy (non-hydrogen) atoms. The highest BCUT2D eigenvalue weighted by atomic mass is 16.4. The van der Waals surface area contributed by atoms with Gasteiger partial charge >= 0.3 is 5.97 Å². The third kappa shape index (κ3) is 10.8. The molecule has 4 unspecified atom stereocenters. The zero-order valence-corrected chi connectivity index (χ0v) is 19.3. The van der Waals surface area contributed by atoms with Crippen LogP contribution in [0.15, 0.2) is 17.5 Å². The average molecular weight is 513 g/mol. The van der Waals surface area contributed by atoms with Crippen molar-refractivity contribution in [2.75, 3.05) is 13.2 Å². The summed E-state index contributed by atoms with van der Waals surface area (Å²) in [6, 6.07) is -5.47. The summed E-state index contributed by atoms with van der Waals surface area (Å²) < 4.78 is 0. The molecule has 1 aromatic heterocycles. The number of amides is 4. The maximum absolute atomic E-state index is 13.1. The number of primary amides is 1. The van der Waals surface area contributed by atoms with Gasteiger partial charge in [0.2, 0.25) is 23.6 Å². The quantitative estimate of drug-likeness (QED) is 0.0566. The number of rotatable bonds is 16. The van der Waals surface area contributed by atoms with E-state index in [9.17, 15) is 29.1 Å². The van der Waals surface area contributed by atoms with E-state index in [1.54, 1.807) is 0 Å². The maximum Gasteiger partial charge on any atom is 0.328 e. The molecule has 0 aliphatic rings. The second-order valence-electron chi connectivity index (χ2n) is 7.71. The number of aliphatic imine (C=N–C) groups is 1. The molecule has 200 valence electrons. The van der Waals surface area contributed by atoms with E-state index in [-0.39, 0.29) is 31.8 Å². The molecular formula is C19H32N10O7. The van der Waals surface area contributed by atoms with Gasteiger partial charge in [0.1, 0.15) is 18.1 Å². The van der Waals surface area contributed by atoms with Crippen molar-refractivity contribution >= 4 is 35.6 Å². The number of nitrogens with two attached hydrogens (primary N) is 4. The van der Waals surface area contributed by atoms with Crippen molar-refractivity contribution in [3.63, 3.8) is 0 Å². The molecule has 0 saturated carbocycles. The van der Waals surface area contributed by atoms with Gasteiger partial charge in [-0.05, 0) is 12.8 Å². The van der Waals surface area contributed by atoms with Crippen molar-refractivity contribution in [1.29, 1.82) is 0 Å². The van der Waals surface area contributed by atoms with Crippen LogP contribution in [0, 0.1) is 0 Å². The fraction of sp³-hybridized carbons (Fsp3) is 0.526. The van der Waals surface area contributed by atoms with E-state index in [1.807, 2.05) is 0 Å². The maximum atomic E-state index is 13.1. The van der Waals surface area contributed by atoms with Crippen LogP contribution >= 0.6 is 0 Å². The molecular weight excluding hydrogens is 480 g/mol. The van der Waals surface area contributed by atoms with Crippen molar-refractivity contribution in [3.8, 4) is 0 Å². The van der Waals surface area contributed by atoms with E-state index in [4.69, 9.17) is 28.0 Å². The summed E-state index contributed by atoms with van der Waals surface area (Å²) in [6.07, 6.45) is 2.42. The lowest BCUT2D eigenvalue weighted by molar-refractivity contribution is -0.143. The summed E-state index contributed by atoms with van der Waals surface area (Å²) in [7, 11) is 0. The Balaban J connectivity index is 3.06. The van der Waals surface area contributed by atoms with Gasteiger partial charge in [0.15, 0.2) is 5.96 Å². The molecule has 1 rings (SSSR count). The lowest BCUT2D eigenvalue weighted by Crippen LogP contribution is -2.58. The third-order valence-corrected chi connectivity index (χ3v) is 4.75.